The first-order chi connectivity index (χ1) is 12.1. The molecule has 0 bridgehead atoms. The molecule has 1 N–H and O–H groups in total. The molecule has 1 aromatic heterocycles. The second-order valence-electron chi connectivity index (χ2n) is 5.67. The molecule has 0 saturated heterocycles. The summed E-state index contributed by atoms with van der Waals surface area (Å²) in [4.78, 5) is 35.3. The zero-order valence-corrected chi connectivity index (χ0v) is 15.3. The van der Waals surface area contributed by atoms with Gasteiger partial charge in [0.25, 0.3) is 5.91 Å². The van der Waals surface area contributed by atoms with Crippen LogP contribution in [0.2, 0.25) is 0 Å². The van der Waals surface area contributed by atoms with Crippen LogP contribution in [-0.4, -0.2) is 43.5 Å². The predicted octanol–water partition coefficient (Wildman–Crippen LogP) is 1.43. The Morgan fingerprint density at radius 1 is 1.19 bits per heavy atom. The lowest BCUT2D eigenvalue weighted by Crippen LogP contribution is -2.22. The summed E-state index contributed by atoms with van der Waals surface area (Å²) in [5.74, 6) is -1.66. The molecule has 1 heterocycles. The third kappa shape index (κ3) is 4.57. The van der Waals surface area contributed by atoms with Crippen LogP contribution in [0.1, 0.15) is 27.8 Å². The second-order valence-corrected chi connectivity index (χ2v) is 7.66. The Morgan fingerprint density at radius 2 is 1.85 bits per heavy atom. The summed E-state index contributed by atoms with van der Waals surface area (Å²) >= 11 is 0. The number of anilines is 1. The van der Waals surface area contributed by atoms with Crippen LogP contribution in [0, 0.1) is 0 Å². The molecule has 1 amide bonds. The van der Waals surface area contributed by atoms with Crippen LogP contribution in [0.15, 0.2) is 41.4 Å². The Morgan fingerprint density at radius 3 is 2.42 bits per heavy atom. The van der Waals surface area contributed by atoms with Gasteiger partial charge in [0.2, 0.25) is 0 Å². The van der Waals surface area contributed by atoms with Gasteiger partial charge in [-0.3, -0.25) is 9.59 Å². The normalized spacial score (nSPS) is 11.0. The van der Waals surface area contributed by atoms with Crippen LogP contribution in [0.25, 0.3) is 0 Å². The van der Waals surface area contributed by atoms with Gasteiger partial charge in [0.05, 0.1) is 10.6 Å². The number of hydrogen-bond acceptors (Lipinski definition) is 6. The minimum atomic E-state index is -3.52. The molecule has 26 heavy (non-hydrogen) atoms. The fourth-order valence-corrected chi connectivity index (χ4v) is 3.09. The lowest BCUT2D eigenvalue weighted by atomic mass is 10.2. The van der Waals surface area contributed by atoms with E-state index in [1.807, 2.05) is 0 Å². The van der Waals surface area contributed by atoms with Crippen LogP contribution in [0.5, 0.6) is 0 Å². The van der Waals surface area contributed by atoms with Gasteiger partial charge >= 0.3 is 5.97 Å². The summed E-state index contributed by atoms with van der Waals surface area (Å²) in [5, 5.41) is 2.41. The Hall–Kier alpha value is -2.94. The number of aryl methyl sites for hydroxylation is 1. The molecule has 0 atom stereocenters. The molecule has 138 valence electrons. The standard InChI is InChI=1S/C17H18N2O6S/c1-11(20)12-8-14(19(2)9-12)17(22)25-10-16(21)18-13-6-4-5-7-15(13)26(3,23)24/h4-9H,10H2,1-3H3,(H,18,21). The van der Waals surface area contributed by atoms with Crippen molar-refractivity contribution in [3.05, 3.63) is 47.8 Å². The van der Waals surface area contributed by atoms with Crippen LogP contribution >= 0.6 is 0 Å². The van der Waals surface area contributed by atoms with Gasteiger partial charge in [0, 0.05) is 25.1 Å². The van der Waals surface area contributed by atoms with E-state index < -0.39 is 28.3 Å². The van der Waals surface area contributed by atoms with Crippen molar-refractivity contribution in [1.29, 1.82) is 0 Å². The molecule has 1 aromatic carbocycles. The number of ether oxygens (including phenoxy) is 1. The third-order valence-electron chi connectivity index (χ3n) is 3.52. The Balaban J connectivity index is 2.04. The SMILES string of the molecule is CC(=O)c1cc(C(=O)OCC(=O)Nc2ccccc2S(C)(=O)=O)n(C)c1. The van der Waals surface area contributed by atoms with Crippen molar-refractivity contribution in [2.24, 2.45) is 7.05 Å². The molecule has 0 aliphatic rings. The molecule has 0 aliphatic heterocycles. The first-order valence-corrected chi connectivity index (χ1v) is 9.42. The zero-order valence-electron chi connectivity index (χ0n) is 14.5. The number of rotatable bonds is 6. The highest BCUT2D eigenvalue weighted by molar-refractivity contribution is 7.90. The predicted molar refractivity (Wildman–Crippen MR) is 93.9 cm³/mol. The molecule has 2 aromatic rings. The van der Waals surface area contributed by atoms with Crippen molar-refractivity contribution >= 4 is 33.2 Å². The number of esters is 1. The Kier molecular flexibility index (Phi) is 5.61. The van der Waals surface area contributed by atoms with Gasteiger partial charge in [-0.1, -0.05) is 12.1 Å². The van der Waals surface area contributed by atoms with Crippen molar-refractivity contribution in [1.82, 2.24) is 4.57 Å². The number of carbonyl (C=O) groups is 3. The molecular weight excluding hydrogens is 360 g/mol. The maximum atomic E-state index is 12.1. The minimum absolute atomic E-state index is 0.0341. The summed E-state index contributed by atoms with van der Waals surface area (Å²) in [6.07, 6.45) is 2.52. The largest absolute Gasteiger partial charge is 0.451 e. The van der Waals surface area contributed by atoms with Crippen LogP contribution in [0.3, 0.4) is 0 Å². The smallest absolute Gasteiger partial charge is 0.355 e. The molecule has 0 saturated carbocycles. The van der Waals surface area contributed by atoms with Crippen molar-refractivity contribution in [2.75, 3.05) is 18.2 Å². The zero-order chi connectivity index (χ0) is 19.5. The van der Waals surface area contributed by atoms with E-state index in [1.54, 1.807) is 13.1 Å². The number of hydrogen-bond donors (Lipinski definition) is 1. The lowest BCUT2D eigenvalue weighted by molar-refractivity contribution is -0.119. The van der Waals surface area contributed by atoms with E-state index in [0.717, 1.165) is 6.26 Å². The van der Waals surface area contributed by atoms with E-state index >= 15 is 0 Å². The van der Waals surface area contributed by atoms with E-state index in [-0.39, 0.29) is 22.1 Å². The molecule has 2 rings (SSSR count). The molecule has 0 unspecified atom stereocenters. The van der Waals surface area contributed by atoms with Crippen molar-refractivity contribution in [2.45, 2.75) is 11.8 Å². The van der Waals surface area contributed by atoms with Gasteiger partial charge in [-0.05, 0) is 25.1 Å². The summed E-state index contributed by atoms with van der Waals surface area (Å²) in [5.41, 5.74) is 0.583. The summed E-state index contributed by atoms with van der Waals surface area (Å²) in [6, 6.07) is 7.29. The number of sulfone groups is 1. The van der Waals surface area contributed by atoms with E-state index in [2.05, 4.69) is 5.32 Å². The maximum absolute atomic E-state index is 12.1. The van der Waals surface area contributed by atoms with Gasteiger partial charge in [-0.15, -0.1) is 0 Å². The molecule has 0 spiro atoms. The average Bonchev–Trinajstić information content (AvgIpc) is 2.94. The van der Waals surface area contributed by atoms with Crippen LogP contribution in [0.4, 0.5) is 5.69 Å². The first-order valence-electron chi connectivity index (χ1n) is 7.53. The molecular formula is C17H18N2O6S. The van der Waals surface area contributed by atoms with Crippen molar-refractivity contribution in [3.63, 3.8) is 0 Å². The Bertz CT molecular complexity index is 975. The number of ketones is 1. The number of aromatic nitrogens is 1. The monoisotopic (exact) mass is 378 g/mol. The van der Waals surface area contributed by atoms with Gasteiger partial charge < -0.3 is 14.6 Å². The number of amides is 1. The minimum Gasteiger partial charge on any atom is -0.451 e. The molecule has 8 nitrogen and oxygen atoms in total. The average molecular weight is 378 g/mol. The summed E-state index contributed by atoms with van der Waals surface area (Å²) < 4.78 is 29.8. The first kappa shape index (κ1) is 19.4. The second kappa shape index (κ2) is 7.52. The molecule has 0 fully saturated rings. The summed E-state index contributed by atoms with van der Waals surface area (Å²) in [7, 11) is -1.95. The number of benzene rings is 1. The van der Waals surface area contributed by atoms with Gasteiger partial charge in [-0.2, -0.15) is 0 Å². The van der Waals surface area contributed by atoms with E-state index in [4.69, 9.17) is 4.74 Å². The number of Topliss-reactive ketones (excluding diaryl/α,β-unsaturated/α-hetero) is 1. The Labute approximate surface area is 150 Å². The fourth-order valence-electron chi connectivity index (χ4n) is 2.24. The molecule has 9 heteroatoms. The topological polar surface area (TPSA) is 112 Å². The summed E-state index contributed by atoms with van der Waals surface area (Å²) in [6.45, 7) is 0.772. The van der Waals surface area contributed by atoms with E-state index in [9.17, 15) is 22.8 Å². The lowest BCUT2D eigenvalue weighted by Gasteiger charge is -2.10. The number of nitrogens with one attached hydrogen (secondary N) is 1. The molecule has 0 aliphatic carbocycles. The van der Waals surface area contributed by atoms with E-state index in [1.165, 1.54) is 42.0 Å². The number of para-hydroxylation sites is 1. The number of nitrogens with zero attached hydrogens (tertiary/aromatic N) is 1. The van der Waals surface area contributed by atoms with Crippen molar-refractivity contribution < 1.29 is 27.5 Å². The highest BCUT2D eigenvalue weighted by Crippen LogP contribution is 2.20. The van der Waals surface area contributed by atoms with Crippen LogP contribution < -0.4 is 5.32 Å². The van der Waals surface area contributed by atoms with Crippen LogP contribution in [-0.2, 0) is 26.4 Å². The maximum Gasteiger partial charge on any atom is 0.355 e. The highest BCUT2D eigenvalue weighted by Gasteiger charge is 2.18. The quantitative estimate of drug-likeness (QED) is 0.601. The number of carbonyl (C=O) groups excluding carboxylic acids is 3. The van der Waals surface area contributed by atoms with Crippen molar-refractivity contribution in [3.8, 4) is 0 Å². The van der Waals surface area contributed by atoms with Gasteiger partial charge in [0.15, 0.2) is 22.2 Å². The fraction of sp³-hybridized carbons (Fsp3) is 0.235. The van der Waals surface area contributed by atoms with Gasteiger partial charge in [0.1, 0.15) is 5.69 Å². The third-order valence-corrected chi connectivity index (χ3v) is 4.67. The molecule has 0 radical (unpaired) electrons. The highest BCUT2D eigenvalue weighted by atomic mass is 32.2. The van der Waals surface area contributed by atoms with Gasteiger partial charge in [-0.25, -0.2) is 13.2 Å². The van der Waals surface area contributed by atoms with E-state index in [0.29, 0.717) is 5.56 Å².